The lowest BCUT2D eigenvalue weighted by atomic mass is 9.97. The Labute approximate surface area is 163 Å². The van der Waals surface area contributed by atoms with Crippen molar-refractivity contribution in [2.24, 2.45) is 0 Å². The molecule has 1 aliphatic heterocycles. The van der Waals surface area contributed by atoms with Crippen LogP contribution < -0.4 is 0 Å². The molecule has 1 atom stereocenters. The molecule has 2 aromatic carbocycles. The van der Waals surface area contributed by atoms with Gasteiger partial charge in [0.2, 0.25) is 5.91 Å². The molecule has 4 nitrogen and oxygen atoms in total. The molecule has 1 aliphatic rings. The molecule has 0 radical (unpaired) electrons. The molecule has 0 bridgehead atoms. The number of carbonyl (C=O) groups is 2. The molecule has 1 fully saturated rings. The van der Waals surface area contributed by atoms with Crippen molar-refractivity contribution in [1.29, 1.82) is 0 Å². The topological polar surface area (TPSA) is 40.6 Å². The van der Waals surface area contributed by atoms with E-state index in [9.17, 15) is 18.4 Å². The van der Waals surface area contributed by atoms with Gasteiger partial charge < -0.3 is 4.90 Å². The van der Waals surface area contributed by atoms with Gasteiger partial charge in [-0.05, 0) is 47.9 Å². The molecule has 28 heavy (non-hydrogen) atoms. The molecule has 6 heteroatoms. The number of halogens is 2. The van der Waals surface area contributed by atoms with Crippen LogP contribution in [0.2, 0.25) is 0 Å². The van der Waals surface area contributed by atoms with E-state index in [1.807, 2.05) is 16.7 Å². The fourth-order valence-electron chi connectivity index (χ4n) is 3.39. The van der Waals surface area contributed by atoms with E-state index in [1.54, 1.807) is 12.1 Å². The number of ketones is 1. The van der Waals surface area contributed by atoms with Crippen molar-refractivity contribution in [3.8, 4) is 0 Å². The monoisotopic (exact) mass is 386 g/mol. The van der Waals surface area contributed by atoms with Crippen LogP contribution in [0.1, 0.15) is 35.2 Å². The molecule has 0 spiro atoms. The maximum absolute atomic E-state index is 13.0. The van der Waals surface area contributed by atoms with Crippen LogP contribution in [0.25, 0.3) is 0 Å². The van der Waals surface area contributed by atoms with Gasteiger partial charge in [-0.15, -0.1) is 0 Å². The smallest absolute Gasteiger partial charge is 0.223 e. The summed E-state index contributed by atoms with van der Waals surface area (Å²) >= 11 is 0. The Balaban J connectivity index is 1.46. The zero-order valence-corrected chi connectivity index (χ0v) is 15.9. The second kappa shape index (κ2) is 9.06. The number of hydrogen-bond donors (Lipinski definition) is 0. The lowest BCUT2D eigenvalue weighted by molar-refractivity contribution is -0.133. The van der Waals surface area contributed by atoms with Crippen LogP contribution in [0.15, 0.2) is 48.5 Å². The van der Waals surface area contributed by atoms with E-state index in [0.29, 0.717) is 38.2 Å². The Bertz CT molecular complexity index is 813. The predicted octanol–water partition coefficient (Wildman–Crippen LogP) is 3.49. The van der Waals surface area contributed by atoms with Crippen molar-refractivity contribution in [3.05, 3.63) is 71.3 Å². The van der Waals surface area contributed by atoms with Gasteiger partial charge in [0.15, 0.2) is 5.78 Å². The van der Waals surface area contributed by atoms with Gasteiger partial charge >= 0.3 is 0 Å². The van der Waals surface area contributed by atoms with Crippen molar-refractivity contribution in [3.63, 3.8) is 0 Å². The van der Waals surface area contributed by atoms with Gasteiger partial charge in [0.25, 0.3) is 0 Å². The first kappa shape index (κ1) is 20.1. The molecule has 2 aromatic rings. The van der Waals surface area contributed by atoms with Crippen LogP contribution >= 0.6 is 0 Å². The summed E-state index contributed by atoms with van der Waals surface area (Å²) in [5, 5.41) is 0. The normalized spacial score (nSPS) is 16.0. The highest BCUT2D eigenvalue weighted by molar-refractivity contribution is 5.97. The average Bonchev–Trinajstić information content (AvgIpc) is 2.69. The molecule has 1 heterocycles. The van der Waals surface area contributed by atoms with Crippen LogP contribution in [-0.2, 0) is 4.79 Å². The molecule has 1 unspecified atom stereocenters. The Morgan fingerprint density at radius 3 is 2.00 bits per heavy atom. The third kappa shape index (κ3) is 5.23. The maximum Gasteiger partial charge on any atom is 0.223 e. The van der Waals surface area contributed by atoms with Gasteiger partial charge in [0, 0.05) is 38.2 Å². The minimum Gasteiger partial charge on any atom is -0.340 e. The average molecular weight is 386 g/mol. The van der Waals surface area contributed by atoms with Crippen molar-refractivity contribution in [1.82, 2.24) is 9.80 Å². The number of carbonyl (C=O) groups excluding carboxylic acids is 2. The number of rotatable bonds is 6. The number of benzene rings is 2. The van der Waals surface area contributed by atoms with E-state index >= 15 is 0 Å². The fraction of sp³-hybridized carbons (Fsp3) is 0.364. The molecule has 0 aromatic heterocycles. The second-order valence-corrected chi connectivity index (χ2v) is 7.24. The number of piperazine rings is 1. The van der Waals surface area contributed by atoms with Gasteiger partial charge in [-0.1, -0.05) is 19.1 Å². The minimum absolute atomic E-state index is 0.0196. The van der Waals surface area contributed by atoms with E-state index in [2.05, 4.69) is 0 Å². The first-order valence-corrected chi connectivity index (χ1v) is 9.47. The Hall–Kier alpha value is -2.60. The third-order valence-corrected chi connectivity index (χ3v) is 5.18. The summed E-state index contributed by atoms with van der Waals surface area (Å²) in [6, 6.07) is 11.8. The molecule has 3 rings (SSSR count). The van der Waals surface area contributed by atoms with Gasteiger partial charge in [0.05, 0.1) is 6.54 Å². The number of Topliss-reactive ketones (excluding diaryl/α,β-unsaturated/α-hetero) is 1. The zero-order valence-electron chi connectivity index (χ0n) is 15.9. The Morgan fingerprint density at radius 1 is 0.893 bits per heavy atom. The highest BCUT2D eigenvalue weighted by atomic mass is 19.1. The van der Waals surface area contributed by atoms with E-state index in [-0.39, 0.29) is 35.8 Å². The SMILES string of the molecule is CC(CC(=O)N1CCN(CC(=O)c2ccc(F)cc2)CC1)c1ccc(F)cc1. The Morgan fingerprint density at radius 2 is 1.43 bits per heavy atom. The summed E-state index contributed by atoms with van der Waals surface area (Å²) in [5.74, 6) is -0.607. The van der Waals surface area contributed by atoms with Crippen LogP contribution in [0.4, 0.5) is 8.78 Å². The summed E-state index contributed by atoms with van der Waals surface area (Å²) in [4.78, 5) is 28.7. The standard InChI is InChI=1S/C22H24F2N2O2/c1-16(17-2-6-19(23)7-3-17)14-22(28)26-12-10-25(11-13-26)15-21(27)18-4-8-20(24)9-5-18/h2-9,16H,10-15H2,1H3. The lowest BCUT2D eigenvalue weighted by Gasteiger charge is -2.35. The quantitative estimate of drug-likeness (QED) is 0.714. The van der Waals surface area contributed by atoms with Crippen LogP contribution in [0, 0.1) is 11.6 Å². The summed E-state index contributed by atoms with van der Waals surface area (Å²) < 4.78 is 26.0. The van der Waals surface area contributed by atoms with E-state index < -0.39 is 0 Å². The first-order chi connectivity index (χ1) is 13.4. The number of hydrogen-bond acceptors (Lipinski definition) is 3. The van der Waals surface area contributed by atoms with Crippen molar-refractivity contribution >= 4 is 11.7 Å². The van der Waals surface area contributed by atoms with Crippen molar-refractivity contribution in [2.45, 2.75) is 19.3 Å². The number of amides is 1. The number of nitrogens with zero attached hydrogens (tertiary/aromatic N) is 2. The van der Waals surface area contributed by atoms with Gasteiger partial charge in [-0.2, -0.15) is 0 Å². The minimum atomic E-state index is -0.362. The molecule has 1 saturated heterocycles. The van der Waals surface area contributed by atoms with Crippen molar-refractivity contribution in [2.75, 3.05) is 32.7 Å². The largest absolute Gasteiger partial charge is 0.340 e. The summed E-state index contributed by atoms with van der Waals surface area (Å²) in [6.07, 6.45) is 0.375. The van der Waals surface area contributed by atoms with Crippen LogP contribution in [0.5, 0.6) is 0 Å². The summed E-state index contributed by atoms with van der Waals surface area (Å²) in [6.45, 7) is 4.63. The third-order valence-electron chi connectivity index (χ3n) is 5.18. The van der Waals surface area contributed by atoms with Gasteiger partial charge in [-0.25, -0.2) is 8.78 Å². The Kier molecular flexibility index (Phi) is 6.52. The second-order valence-electron chi connectivity index (χ2n) is 7.24. The molecule has 0 saturated carbocycles. The van der Waals surface area contributed by atoms with E-state index in [0.717, 1.165) is 5.56 Å². The van der Waals surface area contributed by atoms with E-state index in [1.165, 1.54) is 36.4 Å². The van der Waals surface area contributed by atoms with Crippen molar-refractivity contribution < 1.29 is 18.4 Å². The molecule has 0 N–H and O–H groups in total. The van der Waals surface area contributed by atoms with Gasteiger partial charge in [-0.3, -0.25) is 14.5 Å². The lowest BCUT2D eigenvalue weighted by Crippen LogP contribution is -2.50. The fourth-order valence-corrected chi connectivity index (χ4v) is 3.39. The predicted molar refractivity (Wildman–Crippen MR) is 103 cm³/mol. The molecule has 0 aliphatic carbocycles. The zero-order chi connectivity index (χ0) is 20.1. The van der Waals surface area contributed by atoms with E-state index in [4.69, 9.17) is 0 Å². The molecule has 1 amide bonds. The molecule has 148 valence electrons. The van der Waals surface area contributed by atoms with Crippen LogP contribution in [0.3, 0.4) is 0 Å². The first-order valence-electron chi connectivity index (χ1n) is 9.47. The summed E-state index contributed by atoms with van der Waals surface area (Å²) in [7, 11) is 0. The molecular formula is C22H24F2N2O2. The maximum atomic E-state index is 13.0. The van der Waals surface area contributed by atoms with Gasteiger partial charge in [0.1, 0.15) is 11.6 Å². The summed E-state index contributed by atoms with van der Waals surface area (Å²) in [5.41, 5.74) is 1.44. The highest BCUT2D eigenvalue weighted by Gasteiger charge is 2.24. The van der Waals surface area contributed by atoms with Crippen LogP contribution in [-0.4, -0.2) is 54.2 Å². The molecular weight excluding hydrogens is 362 g/mol. The highest BCUT2D eigenvalue weighted by Crippen LogP contribution is 2.21.